The zero-order valence-corrected chi connectivity index (χ0v) is 29.2. The van der Waals surface area contributed by atoms with Crippen LogP contribution in [0.2, 0.25) is 0 Å². The van der Waals surface area contributed by atoms with E-state index in [0.29, 0.717) is 13.1 Å². The molecule has 0 saturated carbocycles. The molecule has 1 N–H and O–H groups in total. The zero-order valence-electron chi connectivity index (χ0n) is 29.2. The summed E-state index contributed by atoms with van der Waals surface area (Å²) in [4.78, 5) is 67.8. The predicted molar refractivity (Wildman–Crippen MR) is 165 cm³/mol. The van der Waals surface area contributed by atoms with Crippen LogP contribution < -0.4 is 0 Å². The van der Waals surface area contributed by atoms with E-state index in [-0.39, 0.29) is 26.2 Å². The van der Waals surface area contributed by atoms with Crippen LogP contribution in [-0.2, 0) is 42.9 Å². The lowest BCUT2D eigenvalue weighted by Crippen LogP contribution is -2.54. The molecule has 0 aliphatic rings. The quantitative estimate of drug-likeness (QED) is 0.151. The van der Waals surface area contributed by atoms with Crippen LogP contribution in [-0.4, -0.2) is 125 Å². The number of carbonyl (C=O) groups excluding carboxylic acids is 4. The van der Waals surface area contributed by atoms with Crippen LogP contribution in [0.3, 0.4) is 0 Å². The van der Waals surface area contributed by atoms with Crippen LogP contribution in [0.1, 0.15) is 90.0 Å². The number of esters is 4. The van der Waals surface area contributed by atoms with Crippen molar-refractivity contribution in [1.29, 1.82) is 0 Å². The Balaban J connectivity index is 6.19. The van der Waals surface area contributed by atoms with Gasteiger partial charge < -0.3 is 24.1 Å². The Kier molecular flexibility index (Phi) is 16.0. The van der Waals surface area contributed by atoms with Gasteiger partial charge in [0.15, 0.2) is 0 Å². The van der Waals surface area contributed by atoms with Crippen LogP contribution in [0, 0.1) is 5.41 Å². The van der Waals surface area contributed by atoms with Crippen LogP contribution in [0.4, 0.5) is 0 Å². The van der Waals surface area contributed by atoms with Crippen molar-refractivity contribution in [3.63, 3.8) is 0 Å². The largest absolute Gasteiger partial charge is 0.480 e. The Hall–Kier alpha value is -2.77. The van der Waals surface area contributed by atoms with Gasteiger partial charge in [-0.1, -0.05) is 6.92 Å². The smallest absolute Gasteiger partial charge is 0.322 e. The summed E-state index contributed by atoms with van der Waals surface area (Å²) in [6, 6.07) is -1.38. The van der Waals surface area contributed by atoms with Crippen molar-refractivity contribution < 1.29 is 48.0 Å². The lowest BCUT2D eigenvalue weighted by Gasteiger charge is -2.34. The van der Waals surface area contributed by atoms with Crippen molar-refractivity contribution in [1.82, 2.24) is 14.7 Å². The molecule has 0 fully saturated rings. The summed E-state index contributed by atoms with van der Waals surface area (Å²) in [6.07, 6.45) is 0. The lowest BCUT2D eigenvalue weighted by molar-refractivity contribution is -0.170. The summed E-state index contributed by atoms with van der Waals surface area (Å²) in [5.74, 6) is -3.57. The number of likely N-dealkylation sites (N-methyl/N-ethyl adjacent to an activating group) is 1. The van der Waals surface area contributed by atoms with E-state index in [0.717, 1.165) is 0 Å². The molecule has 0 aromatic carbocycles. The number of hydrogen-bond acceptors (Lipinski definition) is 12. The molecule has 0 unspecified atom stereocenters. The van der Waals surface area contributed by atoms with Crippen molar-refractivity contribution in [2.45, 2.75) is 113 Å². The van der Waals surface area contributed by atoms with E-state index >= 15 is 0 Å². The number of carboxylic acids is 1. The van der Waals surface area contributed by atoms with Gasteiger partial charge in [-0.15, -0.1) is 0 Å². The minimum atomic E-state index is -1.38. The van der Waals surface area contributed by atoms with Gasteiger partial charge in [0, 0.05) is 19.6 Å². The van der Waals surface area contributed by atoms with Crippen molar-refractivity contribution in [3.05, 3.63) is 0 Å². The molecular weight excluding hydrogens is 574 g/mol. The van der Waals surface area contributed by atoms with Crippen LogP contribution in [0.15, 0.2) is 0 Å². The molecule has 0 heterocycles. The molecule has 0 aliphatic carbocycles. The van der Waals surface area contributed by atoms with E-state index < -0.39 is 71.4 Å². The molecule has 0 radical (unpaired) electrons. The highest BCUT2D eigenvalue weighted by atomic mass is 16.6. The Morgan fingerprint density at radius 1 is 0.636 bits per heavy atom. The molecule has 0 amide bonds. The second-order valence-electron chi connectivity index (χ2n) is 14.8. The molecule has 0 aliphatic heterocycles. The van der Waals surface area contributed by atoms with Gasteiger partial charge in [-0.25, -0.2) is 4.90 Å². The summed E-state index contributed by atoms with van der Waals surface area (Å²) in [5.41, 5.74) is -3.12. The molecule has 0 bridgehead atoms. The van der Waals surface area contributed by atoms with E-state index in [2.05, 4.69) is 0 Å². The second-order valence-corrected chi connectivity index (χ2v) is 14.8. The number of aliphatic carboxylic acids is 1. The number of carbonyl (C=O) groups is 5. The SMILES string of the molecule is CCN(CCN(CC(=O)OC(C)(C)C)C[C@H](C(=O)O)N(COC(=O)C(C)(C)C)CC(=O)OC(C)(C)C)CC(=O)OC(C)(C)C. The summed E-state index contributed by atoms with van der Waals surface area (Å²) in [7, 11) is 0. The molecule has 0 spiro atoms. The van der Waals surface area contributed by atoms with Crippen molar-refractivity contribution in [2.75, 3.05) is 52.5 Å². The summed E-state index contributed by atoms with van der Waals surface area (Å²) in [6.45, 7) is 21.9. The van der Waals surface area contributed by atoms with E-state index in [1.54, 1.807) is 88.0 Å². The standard InChI is InChI=1S/C31H57N3O10/c1-14-32(18-23(35)42-29(5,6)7)15-16-33(19-24(36)43-30(8,9)10)17-22(26(38)39)34(20-25(37)44-31(11,12)13)21-41-27(40)28(2,3)4/h22H,14-21H2,1-13H3,(H,38,39)/t22-/m1/s1. The number of carboxylic acid groups (broad SMARTS) is 1. The topological polar surface area (TPSA) is 152 Å². The fourth-order valence-electron chi connectivity index (χ4n) is 3.72. The van der Waals surface area contributed by atoms with Gasteiger partial charge in [0.2, 0.25) is 0 Å². The van der Waals surface area contributed by atoms with E-state index in [1.165, 1.54) is 4.90 Å². The Morgan fingerprint density at radius 3 is 1.39 bits per heavy atom. The first-order valence-corrected chi connectivity index (χ1v) is 15.0. The lowest BCUT2D eigenvalue weighted by atomic mass is 9.97. The Bertz CT molecular complexity index is 971. The molecule has 0 saturated heterocycles. The molecule has 256 valence electrons. The predicted octanol–water partition coefficient (Wildman–Crippen LogP) is 2.94. The molecule has 44 heavy (non-hydrogen) atoms. The number of rotatable bonds is 16. The molecule has 0 aromatic rings. The Morgan fingerprint density at radius 2 is 1.02 bits per heavy atom. The monoisotopic (exact) mass is 631 g/mol. The van der Waals surface area contributed by atoms with Gasteiger partial charge in [0.1, 0.15) is 36.1 Å². The maximum atomic E-state index is 12.8. The summed E-state index contributed by atoms with van der Waals surface area (Å²) >= 11 is 0. The van der Waals surface area contributed by atoms with Crippen molar-refractivity contribution in [2.24, 2.45) is 5.41 Å². The van der Waals surface area contributed by atoms with Crippen molar-refractivity contribution in [3.8, 4) is 0 Å². The first-order chi connectivity index (χ1) is 19.7. The van der Waals surface area contributed by atoms with Gasteiger partial charge in [-0.05, 0) is 89.6 Å². The third kappa shape index (κ3) is 19.5. The van der Waals surface area contributed by atoms with Gasteiger partial charge in [-0.2, -0.15) is 0 Å². The average molecular weight is 632 g/mol. The minimum absolute atomic E-state index is 0.00390. The van der Waals surface area contributed by atoms with Gasteiger partial charge in [0.25, 0.3) is 0 Å². The maximum absolute atomic E-state index is 12.8. The third-order valence-electron chi connectivity index (χ3n) is 5.61. The van der Waals surface area contributed by atoms with Gasteiger partial charge >= 0.3 is 29.8 Å². The molecule has 0 rings (SSSR count). The highest BCUT2D eigenvalue weighted by Crippen LogP contribution is 2.17. The highest BCUT2D eigenvalue weighted by Gasteiger charge is 2.34. The summed E-state index contributed by atoms with van der Waals surface area (Å²) < 4.78 is 21.7. The minimum Gasteiger partial charge on any atom is -0.480 e. The first kappa shape index (κ1) is 41.2. The summed E-state index contributed by atoms with van der Waals surface area (Å²) in [5, 5.41) is 10.3. The Labute approximate surface area is 263 Å². The van der Waals surface area contributed by atoms with E-state index in [9.17, 15) is 29.1 Å². The van der Waals surface area contributed by atoms with E-state index in [1.807, 2.05) is 11.8 Å². The fraction of sp³-hybridized carbons (Fsp3) is 0.839. The zero-order chi connectivity index (χ0) is 34.7. The molecule has 13 heteroatoms. The fourth-order valence-corrected chi connectivity index (χ4v) is 3.72. The third-order valence-corrected chi connectivity index (χ3v) is 5.61. The molecule has 1 atom stereocenters. The van der Waals surface area contributed by atoms with Crippen LogP contribution >= 0.6 is 0 Å². The van der Waals surface area contributed by atoms with Crippen LogP contribution in [0.5, 0.6) is 0 Å². The van der Waals surface area contributed by atoms with Crippen LogP contribution in [0.25, 0.3) is 0 Å². The maximum Gasteiger partial charge on any atom is 0.322 e. The van der Waals surface area contributed by atoms with Gasteiger partial charge in [0.05, 0.1) is 18.5 Å². The number of hydrogen-bond donors (Lipinski definition) is 1. The molecular formula is C31H57N3O10. The highest BCUT2D eigenvalue weighted by molar-refractivity contribution is 5.78. The molecule has 13 nitrogen and oxygen atoms in total. The van der Waals surface area contributed by atoms with E-state index in [4.69, 9.17) is 18.9 Å². The molecule has 0 aromatic heterocycles. The second kappa shape index (κ2) is 17.1. The number of nitrogens with zero attached hydrogens (tertiary/aromatic N) is 3. The normalized spacial score (nSPS) is 13.5. The first-order valence-electron chi connectivity index (χ1n) is 15.0. The van der Waals surface area contributed by atoms with Crippen molar-refractivity contribution >= 4 is 29.8 Å². The average Bonchev–Trinajstić information content (AvgIpc) is 2.77. The number of ether oxygens (including phenoxy) is 4. The van der Waals surface area contributed by atoms with Gasteiger partial charge in [-0.3, -0.25) is 33.8 Å².